The van der Waals surface area contributed by atoms with E-state index < -0.39 is 11.7 Å². The second kappa shape index (κ2) is 5.54. The summed E-state index contributed by atoms with van der Waals surface area (Å²) in [7, 11) is 0. The van der Waals surface area contributed by atoms with E-state index in [-0.39, 0.29) is 5.56 Å². The molecule has 21 heavy (non-hydrogen) atoms. The molecule has 0 aliphatic carbocycles. The van der Waals surface area contributed by atoms with Crippen molar-refractivity contribution in [1.29, 1.82) is 0 Å². The lowest BCUT2D eigenvalue weighted by Crippen LogP contribution is -2.15. The molecule has 0 fully saturated rings. The van der Waals surface area contributed by atoms with Gasteiger partial charge in [-0.05, 0) is 18.2 Å². The van der Waals surface area contributed by atoms with Crippen molar-refractivity contribution in [3.8, 4) is 5.69 Å². The molecule has 1 amide bonds. The Labute approximate surface area is 120 Å². The lowest BCUT2D eigenvalue weighted by molar-refractivity contribution is 0.102. The van der Waals surface area contributed by atoms with Gasteiger partial charge in [-0.3, -0.25) is 9.78 Å². The molecule has 1 aromatic carbocycles. The number of benzene rings is 1. The topological polar surface area (TPSA) is 59.8 Å². The van der Waals surface area contributed by atoms with E-state index >= 15 is 0 Å². The van der Waals surface area contributed by atoms with Crippen molar-refractivity contribution in [3.05, 3.63) is 72.8 Å². The summed E-state index contributed by atoms with van der Waals surface area (Å²) in [6.45, 7) is 0. The van der Waals surface area contributed by atoms with E-state index in [0.29, 0.717) is 5.69 Å². The standard InChI is InChI=1S/C15H11FN4O/c16-12-9-17-6-5-11(12)15(21)19-13-3-1-2-4-14(13)20-8-7-18-10-20/h1-10H,(H,19,21). The van der Waals surface area contributed by atoms with E-state index in [1.807, 2.05) is 12.1 Å². The van der Waals surface area contributed by atoms with Crippen molar-refractivity contribution in [2.45, 2.75) is 0 Å². The van der Waals surface area contributed by atoms with Gasteiger partial charge in [0.05, 0.1) is 29.5 Å². The van der Waals surface area contributed by atoms with E-state index in [2.05, 4.69) is 15.3 Å². The average Bonchev–Trinajstić information content (AvgIpc) is 3.02. The lowest BCUT2D eigenvalue weighted by atomic mass is 10.2. The average molecular weight is 282 g/mol. The van der Waals surface area contributed by atoms with Crippen LogP contribution in [0.5, 0.6) is 0 Å². The van der Waals surface area contributed by atoms with Crippen molar-refractivity contribution in [2.75, 3.05) is 5.32 Å². The summed E-state index contributed by atoms with van der Waals surface area (Å²) in [6.07, 6.45) is 7.41. The molecular weight excluding hydrogens is 271 g/mol. The molecule has 2 aromatic heterocycles. The Kier molecular flexibility index (Phi) is 3.42. The van der Waals surface area contributed by atoms with Crippen LogP contribution in [0.4, 0.5) is 10.1 Å². The summed E-state index contributed by atoms with van der Waals surface area (Å²) in [5.74, 6) is -1.18. The third kappa shape index (κ3) is 2.64. The Morgan fingerprint density at radius 3 is 2.76 bits per heavy atom. The summed E-state index contributed by atoms with van der Waals surface area (Å²) >= 11 is 0. The van der Waals surface area contributed by atoms with Crippen LogP contribution >= 0.6 is 0 Å². The number of imidazole rings is 1. The predicted molar refractivity (Wildman–Crippen MR) is 75.7 cm³/mol. The number of nitrogens with one attached hydrogen (secondary N) is 1. The predicted octanol–water partition coefficient (Wildman–Crippen LogP) is 2.66. The highest BCUT2D eigenvalue weighted by Crippen LogP contribution is 2.20. The number of aromatic nitrogens is 3. The number of hydrogen-bond acceptors (Lipinski definition) is 3. The third-order valence-electron chi connectivity index (χ3n) is 2.95. The fourth-order valence-electron chi connectivity index (χ4n) is 1.96. The minimum absolute atomic E-state index is 0.0505. The molecule has 3 rings (SSSR count). The molecule has 2 heterocycles. The Morgan fingerprint density at radius 1 is 1.14 bits per heavy atom. The highest BCUT2D eigenvalue weighted by molar-refractivity contribution is 6.05. The van der Waals surface area contributed by atoms with E-state index in [9.17, 15) is 9.18 Å². The molecule has 0 aliphatic heterocycles. The van der Waals surface area contributed by atoms with E-state index in [1.54, 1.807) is 35.4 Å². The van der Waals surface area contributed by atoms with Crippen LogP contribution in [-0.2, 0) is 0 Å². The van der Waals surface area contributed by atoms with Gasteiger partial charge in [0.15, 0.2) is 5.82 Å². The van der Waals surface area contributed by atoms with Crippen molar-refractivity contribution in [2.24, 2.45) is 0 Å². The lowest BCUT2D eigenvalue weighted by Gasteiger charge is -2.11. The molecule has 0 atom stereocenters. The number of pyridine rings is 1. The Balaban J connectivity index is 1.93. The van der Waals surface area contributed by atoms with Gasteiger partial charge >= 0.3 is 0 Å². The Morgan fingerprint density at radius 2 is 2.00 bits per heavy atom. The van der Waals surface area contributed by atoms with E-state index in [4.69, 9.17) is 0 Å². The highest BCUT2D eigenvalue weighted by atomic mass is 19.1. The van der Waals surface area contributed by atoms with Gasteiger partial charge in [-0.1, -0.05) is 12.1 Å². The zero-order valence-electron chi connectivity index (χ0n) is 10.9. The number of nitrogens with zero attached hydrogens (tertiary/aromatic N) is 3. The van der Waals surface area contributed by atoms with Gasteiger partial charge in [0.2, 0.25) is 0 Å². The molecular formula is C15H11FN4O. The van der Waals surface area contributed by atoms with Gasteiger partial charge in [0.1, 0.15) is 0 Å². The largest absolute Gasteiger partial charge is 0.320 e. The second-order valence-electron chi connectivity index (χ2n) is 4.30. The second-order valence-corrected chi connectivity index (χ2v) is 4.30. The van der Waals surface area contributed by atoms with Crippen LogP contribution in [0, 0.1) is 5.82 Å². The zero-order chi connectivity index (χ0) is 14.7. The van der Waals surface area contributed by atoms with Gasteiger partial charge in [-0.25, -0.2) is 9.37 Å². The van der Waals surface area contributed by atoms with Crippen LogP contribution in [-0.4, -0.2) is 20.4 Å². The number of carbonyl (C=O) groups is 1. The van der Waals surface area contributed by atoms with Gasteiger partial charge in [-0.2, -0.15) is 0 Å². The molecule has 3 aromatic rings. The minimum atomic E-state index is -0.657. The van der Waals surface area contributed by atoms with Crippen molar-refractivity contribution < 1.29 is 9.18 Å². The van der Waals surface area contributed by atoms with Crippen LogP contribution in [0.15, 0.2) is 61.4 Å². The van der Waals surface area contributed by atoms with Gasteiger partial charge in [-0.15, -0.1) is 0 Å². The van der Waals surface area contributed by atoms with Gasteiger partial charge < -0.3 is 9.88 Å². The first kappa shape index (κ1) is 13.0. The molecule has 0 saturated carbocycles. The SMILES string of the molecule is O=C(Nc1ccccc1-n1ccnc1)c1ccncc1F. The van der Waals surface area contributed by atoms with Crippen molar-refractivity contribution in [1.82, 2.24) is 14.5 Å². The third-order valence-corrected chi connectivity index (χ3v) is 2.95. The monoisotopic (exact) mass is 282 g/mol. The highest BCUT2D eigenvalue weighted by Gasteiger charge is 2.13. The fourth-order valence-corrected chi connectivity index (χ4v) is 1.96. The first-order valence-electron chi connectivity index (χ1n) is 6.24. The summed E-state index contributed by atoms with van der Waals surface area (Å²) in [5, 5.41) is 2.70. The van der Waals surface area contributed by atoms with Gasteiger partial charge in [0, 0.05) is 18.6 Å². The Hall–Kier alpha value is -3.02. The summed E-state index contributed by atoms with van der Waals surface area (Å²) < 4.78 is 15.3. The molecule has 104 valence electrons. The molecule has 0 bridgehead atoms. The fraction of sp³-hybridized carbons (Fsp3) is 0. The van der Waals surface area contributed by atoms with Crippen molar-refractivity contribution >= 4 is 11.6 Å². The minimum Gasteiger partial charge on any atom is -0.320 e. The molecule has 0 unspecified atom stereocenters. The number of anilines is 1. The first-order chi connectivity index (χ1) is 10.3. The van der Waals surface area contributed by atoms with Crippen LogP contribution in [0.1, 0.15) is 10.4 Å². The summed E-state index contributed by atoms with van der Waals surface area (Å²) in [6, 6.07) is 8.55. The quantitative estimate of drug-likeness (QED) is 0.803. The maximum absolute atomic E-state index is 13.6. The molecule has 0 spiro atoms. The van der Waals surface area contributed by atoms with Crippen molar-refractivity contribution in [3.63, 3.8) is 0 Å². The maximum Gasteiger partial charge on any atom is 0.258 e. The van der Waals surface area contributed by atoms with Gasteiger partial charge in [0.25, 0.3) is 5.91 Å². The molecule has 0 radical (unpaired) electrons. The molecule has 0 saturated heterocycles. The van der Waals surface area contributed by atoms with Crippen LogP contribution in [0.25, 0.3) is 5.69 Å². The molecule has 0 aliphatic rings. The number of rotatable bonds is 3. The van der Waals surface area contributed by atoms with E-state index in [1.165, 1.54) is 12.3 Å². The normalized spacial score (nSPS) is 10.3. The number of halogens is 1. The molecule has 1 N–H and O–H groups in total. The summed E-state index contributed by atoms with van der Waals surface area (Å²) in [4.78, 5) is 19.8. The Bertz CT molecular complexity index is 771. The van der Waals surface area contributed by atoms with Crippen LogP contribution in [0.2, 0.25) is 0 Å². The smallest absolute Gasteiger partial charge is 0.258 e. The maximum atomic E-state index is 13.6. The first-order valence-corrected chi connectivity index (χ1v) is 6.24. The number of hydrogen-bond donors (Lipinski definition) is 1. The summed E-state index contributed by atoms with van der Waals surface area (Å²) in [5.41, 5.74) is 1.26. The number of para-hydroxylation sites is 2. The van der Waals surface area contributed by atoms with Crippen LogP contribution in [0.3, 0.4) is 0 Å². The van der Waals surface area contributed by atoms with Crippen LogP contribution < -0.4 is 5.32 Å². The number of amides is 1. The number of carbonyl (C=O) groups excluding carboxylic acids is 1. The van der Waals surface area contributed by atoms with E-state index in [0.717, 1.165) is 11.9 Å². The molecule has 5 nitrogen and oxygen atoms in total. The molecule has 6 heteroatoms. The zero-order valence-corrected chi connectivity index (χ0v) is 10.9.